The molecule has 0 aromatic carbocycles. The van der Waals surface area contributed by atoms with E-state index in [4.69, 9.17) is 0 Å². The van der Waals surface area contributed by atoms with E-state index >= 15 is 0 Å². The first-order chi connectivity index (χ1) is 8.27. The van der Waals surface area contributed by atoms with Gasteiger partial charge in [-0.05, 0) is 31.6 Å². The van der Waals surface area contributed by atoms with Gasteiger partial charge in [-0.3, -0.25) is 0 Å². The standard InChI is InChI=1S/C16H25N/c1-4-13-17(15(3)5-2)14-9-12-16-10-7-6-8-11-16/h4,6-7,9,12,16H,1,3,5,8,10-11,13-14H2,2H3/b12-9-. The van der Waals surface area contributed by atoms with Crippen LogP contribution in [-0.4, -0.2) is 18.0 Å². The molecule has 0 heterocycles. The van der Waals surface area contributed by atoms with Crippen molar-refractivity contribution in [3.8, 4) is 0 Å². The van der Waals surface area contributed by atoms with E-state index in [1.165, 1.54) is 25.0 Å². The van der Waals surface area contributed by atoms with E-state index in [1.807, 2.05) is 6.08 Å². The lowest BCUT2D eigenvalue weighted by molar-refractivity contribution is 0.409. The summed E-state index contributed by atoms with van der Waals surface area (Å²) < 4.78 is 0. The molecule has 0 saturated carbocycles. The molecule has 0 aromatic rings. The Bertz CT molecular complexity index is 299. The average Bonchev–Trinajstić information content (AvgIpc) is 2.38. The lowest BCUT2D eigenvalue weighted by atomic mass is 9.94. The molecule has 94 valence electrons. The molecule has 1 atom stereocenters. The van der Waals surface area contributed by atoms with Crippen LogP contribution < -0.4 is 0 Å². The molecule has 0 aromatic heterocycles. The van der Waals surface area contributed by atoms with Gasteiger partial charge in [0.05, 0.1) is 0 Å². The third kappa shape index (κ3) is 5.08. The molecule has 17 heavy (non-hydrogen) atoms. The molecule has 0 radical (unpaired) electrons. The van der Waals surface area contributed by atoms with E-state index in [0.29, 0.717) is 0 Å². The van der Waals surface area contributed by atoms with Gasteiger partial charge in [-0.15, -0.1) is 6.58 Å². The summed E-state index contributed by atoms with van der Waals surface area (Å²) in [4.78, 5) is 2.28. The van der Waals surface area contributed by atoms with Crippen LogP contribution in [-0.2, 0) is 0 Å². The van der Waals surface area contributed by atoms with Crippen LogP contribution >= 0.6 is 0 Å². The second kappa shape index (κ2) is 7.94. The van der Waals surface area contributed by atoms with E-state index in [9.17, 15) is 0 Å². The Hall–Kier alpha value is -1.24. The van der Waals surface area contributed by atoms with Crippen molar-refractivity contribution in [3.05, 3.63) is 49.2 Å². The van der Waals surface area contributed by atoms with Gasteiger partial charge in [-0.2, -0.15) is 0 Å². The molecule has 1 aliphatic rings. The molecule has 0 aliphatic heterocycles. The maximum atomic E-state index is 4.09. The predicted octanol–water partition coefficient (Wildman–Crippen LogP) is 4.31. The highest BCUT2D eigenvalue weighted by Crippen LogP contribution is 2.19. The summed E-state index contributed by atoms with van der Waals surface area (Å²) in [5, 5.41) is 0. The normalized spacial score (nSPS) is 19.5. The first-order valence-corrected chi connectivity index (χ1v) is 6.63. The zero-order valence-corrected chi connectivity index (χ0v) is 11.1. The Balaban J connectivity index is 2.39. The Labute approximate surface area is 106 Å². The van der Waals surface area contributed by atoms with Gasteiger partial charge in [0, 0.05) is 18.8 Å². The van der Waals surface area contributed by atoms with Crippen molar-refractivity contribution in [1.82, 2.24) is 4.90 Å². The lowest BCUT2D eigenvalue weighted by Gasteiger charge is -2.23. The van der Waals surface area contributed by atoms with Gasteiger partial charge in [0.1, 0.15) is 0 Å². The Kier molecular flexibility index (Phi) is 6.46. The fraction of sp³-hybridized carbons (Fsp3) is 0.500. The van der Waals surface area contributed by atoms with Gasteiger partial charge in [0.25, 0.3) is 0 Å². The molecule has 0 fully saturated rings. The molecule has 0 amide bonds. The van der Waals surface area contributed by atoms with E-state index in [-0.39, 0.29) is 0 Å². The molecule has 1 nitrogen and oxygen atoms in total. The van der Waals surface area contributed by atoms with Gasteiger partial charge in [0.2, 0.25) is 0 Å². The van der Waals surface area contributed by atoms with Crippen LogP contribution in [0.3, 0.4) is 0 Å². The number of nitrogens with zero attached hydrogens (tertiary/aromatic N) is 1. The second-order valence-electron chi connectivity index (χ2n) is 4.59. The number of hydrogen-bond donors (Lipinski definition) is 0. The number of rotatable bonds is 7. The first-order valence-electron chi connectivity index (χ1n) is 6.63. The van der Waals surface area contributed by atoms with Gasteiger partial charge in [-0.1, -0.05) is 43.9 Å². The van der Waals surface area contributed by atoms with Crippen LogP contribution in [0.5, 0.6) is 0 Å². The molecule has 1 unspecified atom stereocenters. The summed E-state index contributed by atoms with van der Waals surface area (Å²) in [7, 11) is 0. The topological polar surface area (TPSA) is 3.24 Å². The lowest BCUT2D eigenvalue weighted by Crippen LogP contribution is -2.22. The second-order valence-corrected chi connectivity index (χ2v) is 4.59. The predicted molar refractivity (Wildman–Crippen MR) is 76.8 cm³/mol. The van der Waals surface area contributed by atoms with Gasteiger partial charge in [0.15, 0.2) is 0 Å². The zero-order valence-electron chi connectivity index (χ0n) is 11.1. The first kappa shape index (κ1) is 13.8. The highest BCUT2D eigenvalue weighted by Gasteiger charge is 2.06. The molecule has 1 rings (SSSR count). The minimum absolute atomic E-state index is 0.737. The smallest absolute Gasteiger partial charge is 0.0360 e. The quantitative estimate of drug-likeness (QED) is 0.590. The molecule has 1 heteroatoms. The van der Waals surface area contributed by atoms with Crippen molar-refractivity contribution in [3.63, 3.8) is 0 Å². The van der Waals surface area contributed by atoms with Crippen LogP contribution in [0, 0.1) is 5.92 Å². The maximum absolute atomic E-state index is 4.09. The molecule has 1 aliphatic carbocycles. The molecule has 0 bridgehead atoms. The van der Waals surface area contributed by atoms with E-state index < -0.39 is 0 Å². The van der Waals surface area contributed by atoms with Crippen molar-refractivity contribution in [2.75, 3.05) is 13.1 Å². The van der Waals surface area contributed by atoms with Crippen molar-refractivity contribution < 1.29 is 0 Å². The average molecular weight is 231 g/mol. The molecule has 0 N–H and O–H groups in total. The maximum Gasteiger partial charge on any atom is 0.0360 e. The largest absolute Gasteiger partial charge is 0.368 e. The van der Waals surface area contributed by atoms with Crippen molar-refractivity contribution in [2.24, 2.45) is 5.92 Å². The molecule has 0 saturated heterocycles. The van der Waals surface area contributed by atoms with Crippen molar-refractivity contribution in [1.29, 1.82) is 0 Å². The summed E-state index contributed by atoms with van der Waals surface area (Å²) in [5.74, 6) is 0.737. The van der Waals surface area contributed by atoms with E-state index in [1.54, 1.807) is 0 Å². The van der Waals surface area contributed by atoms with Crippen molar-refractivity contribution in [2.45, 2.75) is 32.6 Å². The van der Waals surface area contributed by atoms with Gasteiger partial charge >= 0.3 is 0 Å². The summed E-state index contributed by atoms with van der Waals surface area (Å²) >= 11 is 0. The van der Waals surface area contributed by atoms with Gasteiger partial charge in [-0.25, -0.2) is 0 Å². The molecular weight excluding hydrogens is 206 g/mol. The summed E-state index contributed by atoms with van der Waals surface area (Å²) in [6, 6.07) is 0. The summed E-state index contributed by atoms with van der Waals surface area (Å²) in [6.45, 7) is 11.9. The number of allylic oxidation sites excluding steroid dienone is 4. The third-order valence-corrected chi connectivity index (χ3v) is 3.25. The van der Waals surface area contributed by atoms with Crippen LogP contribution in [0.4, 0.5) is 0 Å². The Morgan fingerprint density at radius 1 is 1.41 bits per heavy atom. The minimum atomic E-state index is 0.737. The van der Waals surface area contributed by atoms with Crippen LogP contribution in [0.2, 0.25) is 0 Å². The monoisotopic (exact) mass is 231 g/mol. The SMILES string of the molecule is C=CCN(C/C=C\C1CC=CCC1)C(=C)CC. The van der Waals surface area contributed by atoms with Gasteiger partial charge < -0.3 is 4.90 Å². The minimum Gasteiger partial charge on any atom is -0.368 e. The van der Waals surface area contributed by atoms with Crippen LogP contribution in [0.1, 0.15) is 32.6 Å². The van der Waals surface area contributed by atoms with Crippen LogP contribution in [0.25, 0.3) is 0 Å². The fourth-order valence-electron chi connectivity index (χ4n) is 2.08. The highest BCUT2D eigenvalue weighted by molar-refractivity contribution is 5.03. The Morgan fingerprint density at radius 3 is 2.82 bits per heavy atom. The molecule has 0 spiro atoms. The van der Waals surface area contributed by atoms with E-state index in [0.717, 1.165) is 25.4 Å². The third-order valence-electron chi connectivity index (χ3n) is 3.25. The van der Waals surface area contributed by atoms with Crippen molar-refractivity contribution >= 4 is 0 Å². The van der Waals surface area contributed by atoms with E-state index in [2.05, 4.69) is 49.3 Å². The Morgan fingerprint density at radius 2 is 2.24 bits per heavy atom. The fourth-order valence-corrected chi connectivity index (χ4v) is 2.08. The summed E-state index contributed by atoms with van der Waals surface area (Å²) in [5.41, 5.74) is 1.19. The highest BCUT2D eigenvalue weighted by atomic mass is 15.1. The zero-order chi connectivity index (χ0) is 12.5. The number of hydrogen-bond acceptors (Lipinski definition) is 1. The summed E-state index contributed by atoms with van der Waals surface area (Å²) in [6.07, 6.45) is 15.9. The van der Waals surface area contributed by atoms with Crippen LogP contribution in [0.15, 0.2) is 49.2 Å². The molecular formula is C16H25N.